The third kappa shape index (κ3) is 2.26. The first-order chi connectivity index (χ1) is 12.2. The minimum absolute atomic E-state index is 0.475. The zero-order valence-electron chi connectivity index (χ0n) is 12.4. The predicted molar refractivity (Wildman–Crippen MR) is 93.5 cm³/mol. The average Bonchev–Trinajstić information content (AvgIpc) is 3.34. The molecule has 0 amide bonds. The van der Waals surface area contributed by atoms with E-state index < -0.39 is 0 Å². The third-order valence-corrected chi connectivity index (χ3v) is 4.56. The molecule has 4 heterocycles. The molecule has 25 heavy (non-hydrogen) atoms. The van der Waals surface area contributed by atoms with E-state index >= 15 is 0 Å². The van der Waals surface area contributed by atoms with E-state index in [1.807, 2.05) is 12.1 Å². The van der Waals surface area contributed by atoms with Crippen molar-refractivity contribution < 1.29 is 0 Å². The minimum atomic E-state index is 0.475. The monoisotopic (exact) mass is 370 g/mol. The van der Waals surface area contributed by atoms with Crippen LogP contribution in [-0.2, 0) is 0 Å². The summed E-state index contributed by atoms with van der Waals surface area (Å²) < 4.78 is 1.60. The van der Waals surface area contributed by atoms with Crippen LogP contribution in [0, 0.1) is 0 Å². The molecule has 10 heteroatoms. The van der Waals surface area contributed by atoms with Crippen LogP contribution in [-0.4, -0.2) is 40.0 Å². The van der Waals surface area contributed by atoms with Crippen LogP contribution in [0.1, 0.15) is 0 Å². The molecule has 1 aromatic carbocycles. The molecule has 122 valence electrons. The molecule has 4 aromatic heterocycles. The van der Waals surface area contributed by atoms with Gasteiger partial charge in [-0.3, -0.25) is 10.2 Å². The molecule has 0 radical (unpaired) electrons. The van der Waals surface area contributed by atoms with Gasteiger partial charge < -0.3 is 0 Å². The summed E-state index contributed by atoms with van der Waals surface area (Å²) in [6, 6.07) is 7.20. The maximum atomic E-state index is 6.07. The molecule has 8 nitrogen and oxygen atoms in total. The van der Waals surface area contributed by atoms with Gasteiger partial charge in [0.25, 0.3) is 0 Å². The van der Waals surface area contributed by atoms with Crippen molar-refractivity contribution in [2.45, 2.75) is 0 Å². The number of nitrogens with one attached hydrogen (secondary N) is 2. The number of hydrogen-bond donors (Lipinski definition) is 2. The van der Waals surface area contributed by atoms with Crippen LogP contribution >= 0.6 is 23.2 Å². The van der Waals surface area contributed by atoms with Crippen molar-refractivity contribution in [2.24, 2.45) is 0 Å². The number of H-pyrrole nitrogens is 2. The van der Waals surface area contributed by atoms with Gasteiger partial charge in [-0.05, 0) is 18.2 Å². The van der Waals surface area contributed by atoms with Crippen molar-refractivity contribution in [3.8, 4) is 22.8 Å². The maximum Gasteiger partial charge on any atom is 0.200 e. The molecule has 0 saturated heterocycles. The second kappa shape index (κ2) is 5.27. The highest BCUT2D eigenvalue weighted by Crippen LogP contribution is 2.29. The normalized spacial score (nSPS) is 11.6. The van der Waals surface area contributed by atoms with Gasteiger partial charge in [-0.1, -0.05) is 29.3 Å². The fourth-order valence-electron chi connectivity index (χ4n) is 2.59. The average molecular weight is 371 g/mol. The van der Waals surface area contributed by atoms with Gasteiger partial charge in [-0.25, -0.2) is 14.5 Å². The van der Waals surface area contributed by atoms with Crippen molar-refractivity contribution in [1.29, 1.82) is 0 Å². The van der Waals surface area contributed by atoms with Crippen molar-refractivity contribution >= 4 is 39.9 Å². The van der Waals surface area contributed by atoms with E-state index in [2.05, 4.69) is 35.5 Å². The smallest absolute Gasteiger partial charge is 0.200 e. The van der Waals surface area contributed by atoms with Crippen LogP contribution in [0.15, 0.2) is 36.8 Å². The number of benzene rings is 1. The summed E-state index contributed by atoms with van der Waals surface area (Å²) in [5.74, 6) is 0.509. The highest BCUT2D eigenvalue weighted by Gasteiger charge is 2.14. The Bertz CT molecular complexity index is 1240. The fraction of sp³-hybridized carbons (Fsp3) is 0. The maximum absolute atomic E-state index is 6.07. The summed E-state index contributed by atoms with van der Waals surface area (Å²) in [4.78, 5) is 8.79. The summed E-state index contributed by atoms with van der Waals surface area (Å²) in [5.41, 5.74) is 3.58. The molecular formula is C15H8Cl2N8. The van der Waals surface area contributed by atoms with Gasteiger partial charge in [0, 0.05) is 5.56 Å². The topological polar surface area (TPSA) is 100 Å². The standard InChI is InChI=1S/C15H8Cl2N8/c16-9-2-1-7(3-10(9)17)11-4-12(22-21-11)14-20-15-8-5-19-23-13(8)18-6-25(15)24-14/h1-6H,(H,19,23)(H,21,22). The summed E-state index contributed by atoms with van der Waals surface area (Å²) in [7, 11) is 0. The van der Waals surface area contributed by atoms with Crippen LogP contribution in [0.4, 0.5) is 0 Å². The zero-order valence-corrected chi connectivity index (χ0v) is 13.9. The lowest BCUT2D eigenvalue weighted by molar-refractivity contribution is 0.929. The number of rotatable bonds is 2. The van der Waals surface area contributed by atoms with Crippen LogP contribution in [0.2, 0.25) is 10.0 Å². The Kier molecular flexibility index (Phi) is 3.03. The Morgan fingerprint density at radius 3 is 2.84 bits per heavy atom. The first-order valence-electron chi connectivity index (χ1n) is 7.25. The molecule has 0 spiro atoms. The third-order valence-electron chi connectivity index (χ3n) is 3.82. The van der Waals surface area contributed by atoms with Gasteiger partial charge in [0.05, 0.1) is 27.3 Å². The number of hydrogen-bond acceptors (Lipinski definition) is 5. The lowest BCUT2D eigenvalue weighted by atomic mass is 10.1. The van der Waals surface area contributed by atoms with Crippen molar-refractivity contribution in [3.63, 3.8) is 0 Å². The van der Waals surface area contributed by atoms with Crippen LogP contribution in [0.5, 0.6) is 0 Å². The van der Waals surface area contributed by atoms with Gasteiger partial charge in [0.1, 0.15) is 12.0 Å². The lowest BCUT2D eigenvalue weighted by Gasteiger charge is -1.98. The quantitative estimate of drug-likeness (QED) is 0.496. The molecule has 5 aromatic rings. The fourth-order valence-corrected chi connectivity index (χ4v) is 2.89. The van der Waals surface area contributed by atoms with E-state index in [1.54, 1.807) is 29.2 Å². The van der Waals surface area contributed by atoms with Gasteiger partial charge in [0.2, 0.25) is 0 Å². The van der Waals surface area contributed by atoms with Crippen molar-refractivity contribution in [3.05, 3.63) is 46.8 Å². The van der Waals surface area contributed by atoms with E-state index in [1.165, 1.54) is 0 Å². The van der Waals surface area contributed by atoms with Gasteiger partial charge in [-0.2, -0.15) is 10.2 Å². The molecule has 0 saturated carbocycles. The summed E-state index contributed by atoms with van der Waals surface area (Å²) in [5, 5.41) is 20.3. The molecule has 0 atom stereocenters. The first kappa shape index (κ1) is 14.4. The van der Waals surface area contributed by atoms with E-state index in [0.717, 1.165) is 16.6 Å². The largest absolute Gasteiger partial charge is 0.274 e. The predicted octanol–water partition coefficient (Wildman–Crippen LogP) is 3.36. The SMILES string of the molecule is Clc1ccc(-c2cc(-c3nc4c5cn[nH]c5ncn4n3)[nH]n2)cc1Cl. The van der Waals surface area contributed by atoms with Crippen LogP contribution < -0.4 is 0 Å². The number of fused-ring (bicyclic) bond motifs is 3. The zero-order chi connectivity index (χ0) is 17.0. The van der Waals surface area contributed by atoms with Gasteiger partial charge in [-0.15, -0.1) is 5.10 Å². The summed E-state index contributed by atoms with van der Waals surface area (Å²) in [6.07, 6.45) is 3.26. The Labute approximate surface area is 149 Å². The second-order valence-corrected chi connectivity index (χ2v) is 6.19. The number of halogens is 2. The van der Waals surface area contributed by atoms with E-state index in [-0.39, 0.29) is 0 Å². The molecule has 2 N–H and O–H groups in total. The molecule has 0 aliphatic rings. The van der Waals surface area contributed by atoms with Crippen LogP contribution in [0.3, 0.4) is 0 Å². The minimum Gasteiger partial charge on any atom is -0.274 e. The highest BCUT2D eigenvalue weighted by molar-refractivity contribution is 6.42. The highest BCUT2D eigenvalue weighted by atomic mass is 35.5. The summed E-state index contributed by atoms with van der Waals surface area (Å²) in [6.45, 7) is 0. The van der Waals surface area contributed by atoms with Gasteiger partial charge in [0.15, 0.2) is 17.1 Å². The number of aromatic nitrogens is 8. The first-order valence-corrected chi connectivity index (χ1v) is 8.00. The van der Waals surface area contributed by atoms with Crippen LogP contribution in [0.25, 0.3) is 39.5 Å². The van der Waals surface area contributed by atoms with Gasteiger partial charge >= 0.3 is 0 Å². The van der Waals surface area contributed by atoms with Crippen molar-refractivity contribution in [1.82, 2.24) is 40.0 Å². The van der Waals surface area contributed by atoms with E-state index in [0.29, 0.717) is 32.9 Å². The molecule has 0 bridgehead atoms. The number of nitrogens with zero attached hydrogens (tertiary/aromatic N) is 6. The van der Waals surface area contributed by atoms with E-state index in [9.17, 15) is 0 Å². The second-order valence-electron chi connectivity index (χ2n) is 5.38. The Morgan fingerprint density at radius 2 is 1.96 bits per heavy atom. The number of aromatic amines is 2. The summed E-state index contributed by atoms with van der Waals surface area (Å²) >= 11 is 12.0. The molecule has 0 aliphatic heterocycles. The Morgan fingerprint density at radius 1 is 1.04 bits per heavy atom. The van der Waals surface area contributed by atoms with Crippen molar-refractivity contribution in [2.75, 3.05) is 0 Å². The lowest BCUT2D eigenvalue weighted by Crippen LogP contribution is -1.89. The molecule has 0 fully saturated rings. The molecule has 5 rings (SSSR count). The molecule has 0 aliphatic carbocycles. The molecule has 0 unspecified atom stereocenters. The Hall–Kier alpha value is -2.97. The molecular weight excluding hydrogens is 363 g/mol. The van der Waals surface area contributed by atoms with E-state index in [4.69, 9.17) is 23.2 Å². The Balaban J connectivity index is 1.60.